The molecule has 6 heteroatoms. The van der Waals surface area contributed by atoms with E-state index < -0.39 is 0 Å². The van der Waals surface area contributed by atoms with E-state index in [9.17, 15) is 4.79 Å². The molecule has 0 radical (unpaired) electrons. The summed E-state index contributed by atoms with van der Waals surface area (Å²) in [5.41, 5.74) is 7.70. The molecule has 0 aliphatic carbocycles. The second-order valence-electron chi connectivity index (χ2n) is 9.80. The Morgan fingerprint density at radius 1 is 1.11 bits per heavy atom. The molecule has 0 spiro atoms. The first-order chi connectivity index (χ1) is 17.0. The maximum Gasteiger partial charge on any atom is 0.237 e. The summed E-state index contributed by atoms with van der Waals surface area (Å²) in [7, 11) is 0. The molecule has 35 heavy (non-hydrogen) atoms. The Bertz CT molecular complexity index is 794. The van der Waals surface area contributed by atoms with Gasteiger partial charge in [0.1, 0.15) is 6.79 Å². The highest BCUT2D eigenvalue weighted by molar-refractivity contribution is 5.78. The van der Waals surface area contributed by atoms with Gasteiger partial charge in [0.2, 0.25) is 5.91 Å². The lowest BCUT2D eigenvalue weighted by molar-refractivity contribution is -0.136. The van der Waals surface area contributed by atoms with Crippen LogP contribution in [0, 0.1) is 6.92 Å². The van der Waals surface area contributed by atoms with Crippen molar-refractivity contribution in [2.24, 2.45) is 0 Å². The molecule has 1 aromatic rings. The fourth-order valence-electron chi connectivity index (χ4n) is 5.35. The van der Waals surface area contributed by atoms with Crippen LogP contribution >= 0.6 is 0 Å². The van der Waals surface area contributed by atoms with Gasteiger partial charge in [-0.25, -0.2) is 5.43 Å². The minimum Gasteiger partial charge on any atom is -0.339 e. The number of nitrogens with zero attached hydrogens (tertiary/aromatic N) is 3. The van der Waals surface area contributed by atoms with Crippen LogP contribution in [0.4, 0.5) is 0 Å². The monoisotopic (exact) mass is 484 g/mol. The number of piperidine rings is 1. The molecule has 196 valence electrons. The van der Waals surface area contributed by atoms with Gasteiger partial charge in [0.25, 0.3) is 0 Å². The van der Waals surface area contributed by atoms with E-state index >= 15 is 0 Å². The van der Waals surface area contributed by atoms with Crippen molar-refractivity contribution in [1.29, 1.82) is 0 Å². The van der Waals surface area contributed by atoms with Crippen molar-refractivity contribution in [1.82, 2.24) is 20.2 Å². The van der Waals surface area contributed by atoms with Crippen LogP contribution in [0.5, 0.6) is 0 Å². The van der Waals surface area contributed by atoms with Gasteiger partial charge < -0.3 is 14.7 Å². The molecule has 3 aliphatic rings. The first-order valence-electron chi connectivity index (χ1n) is 13.7. The number of nitrogens with one attached hydrogen (secondary N) is 1. The van der Waals surface area contributed by atoms with E-state index in [1.807, 2.05) is 20.6 Å². The van der Waals surface area contributed by atoms with E-state index in [0.717, 1.165) is 32.5 Å². The lowest BCUT2D eigenvalue weighted by Gasteiger charge is -2.43. The summed E-state index contributed by atoms with van der Waals surface area (Å²) in [6.07, 6.45) is 10.8. The van der Waals surface area contributed by atoms with Crippen molar-refractivity contribution in [3.63, 3.8) is 0 Å². The van der Waals surface area contributed by atoms with Crippen LogP contribution in [-0.2, 0) is 9.59 Å². The van der Waals surface area contributed by atoms with Gasteiger partial charge in [-0.1, -0.05) is 69.9 Å². The normalized spacial score (nSPS) is 23.9. The highest BCUT2D eigenvalue weighted by Crippen LogP contribution is 2.31. The first kappa shape index (κ1) is 29.1. The summed E-state index contributed by atoms with van der Waals surface area (Å²) < 4.78 is 0. The molecular formula is C29H48N4O2. The zero-order valence-electron chi connectivity index (χ0n) is 22.8. The number of benzene rings is 1. The van der Waals surface area contributed by atoms with E-state index in [1.54, 1.807) is 0 Å². The molecule has 0 aromatic heterocycles. The average Bonchev–Trinajstić information content (AvgIpc) is 3.31. The standard InChI is InChI=1S/C26H40N4O.C2H6.CH2O/c1-4-5-6-10-23-17-28(19-26(31)29-15-8-7-9-21(29)3)18-24-16-25(27-30(23)24)22-13-11-20(2)12-14-22;2*1-2/h11-14,16,21,23,25,27H,4-10,15,17-19H2,1-3H3;1-2H3;1H2. The molecule has 2 saturated heterocycles. The van der Waals surface area contributed by atoms with E-state index in [1.165, 1.54) is 48.9 Å². The van der Waals surface area contributed by atoms with Crippen molar-refractivity contribution in [2.75, 3.05) is 26.2 Å². The van der Waals surface area contributed by atoms with Crippen LogP contribution in [0.25, 0.3) is 0 Å². The van der Waals surface area contributed by atoms with Crippen molar-refractivity contribution < 1.29 is 9.59 Å². The number of carbonyl (C=O) groups excluding carboxylic acids is 2. The van der Waals surface area contributed by atoms with Crippen LogP contribution in [0.1, 0.15) is 89.8 Å². The van der Waals surface area contributed by atoms with E-state index in [-0.39, 0.29) is 6.04 Å². The second-order valence-corrected chi connectivity index (χ2v) is 9.80. The van der Waals surface area contributed by atoms with Crippen LogP contribution in [0.2, 0.25) is 0 Å². The van der Waals surface area contributed by atoms with Gasteiger partial charge in [-0.05, 0) is 51.2 Å². The average molecular weight is 485 g/mol. The van der Waals surface area contributed by atoms with E-state index in [2.05, 4.69) is 71.3 Å². The van der Waals surface area contributed by atoms with Crippen molar-refractivity contribution in [3.05, 3.63) is 47.2 Å². The van der Waals surface area contributed by atoms with Gasteiger partial charge >= 0.3 is 0 Å². The van der Waals surface area contributed by atoms with Gasteiger partial charge in [-0.2, -0.15) is 0 Å². The quantitative estimate of drug-likeness (QED) is 0.536. The lowest BCUT2D eigenvalue weighted by Crippen LogP contribution is -2.56. The molecule has 3 heterocycles. The van der Waals surface area contributed by atoms with Gasteiger partial charge in [0, 0.05) is 31.4 Å². The zero-order chi connectivity index (χ0) is 25.8. The molecule has 1 aromatic carbocycles. The van der Waals surface area contributed by atoms with Crippen molar-refractivity contribution in [3.8, 4) is 0 Å². The topological polar surface area (TPSA) is 55.9 Å². The van der Waals surface area contributed by atoms with Gasteiger partial charge in [0.15, 0.2) is 0 Å². The lowest BCUT2D eigenvalue weighted by atomic mass is 10.0. The maximum atomic E-state index is 13.1. The fourth-order valence-corrected chi connectivity index (χ4v) is 5.35. The van der Waals surface area contributed by atoms with E-state index in [4.69, 9.17) is 4.79 Å². The van der Waals surface area contributed by atoms with Crippen LogP contribution in [-0.4, -0.2) is 65.8 Å². The summed E-state index contributed by atoms with van der Waals surface area (Å²) in [6.45, 7) is 15.9. The van der Waals surface area contributed by atoms with Gasteiger partial charge in [0.05, 0.1) is 18.6 Å². The maximum absolute atomic E-state index is 13.1. The smallest absolute Gasteiger partial charge is 0.237 e. The molecule has 2 fully saturated rings. The Morgan fingerprint density at radius 3 is 2.49 bits per heavy atom. The van der Waals surface area contributed by atoms with Crippen molar-refractivity contribution >= 4 is 12.7 Å². The molecule has 6 nitrogen and oxygen atoms in total. The number of unbranched alkanes of at least 4 members (excludes halogenated alkanes) is 2. The first-order valence-corrected chi connectivity index (χ1v) is 13.7. The Morgan fingerprint density at radius 2 is 1.83 bits per heavy atom. The molecule has 1 amide bonds. The number of piperazine rings is 1. The number of hydrogen-bond acceptors (Lipinski definition) is 5. The number of hydrogen-bond donors (Lipinski definition) is 1. The highest BCUT2D eigenvalue weighted by Gasteiger charge is 2.36. The Labute approximate surface area is 213 Å². The molecule has 3 aliphatic heterocycles. The fraction of sp³-hybridized carbons (Fsp3) is 0.655. The van der Waals surface area contributed by atoms with Gasteiger partial charge in [-0.15, -0.1) is 0 Å². The highest BCUT2D eigenvalue weighted by atomic mass is 16.2. The Balaban J connectivity index is 0.00000103. The van der Waals surface area contributed by atoms with Gasteiger partial charge in [-0.3, -0.25) is 9.69 Å². The molecule has 1 N–H and O–H groups in total. The molecule has 4 rings (SSSR count). The van der Waals surface area contributed by atoms with Crippen LogP contribution in [0.15, 0.2) is 36.0 Å². The Hall–Kier alpha value is -2.18. The predicted molar refractivity (Wildman–Crippen MR) is 145 cm³/mol. The molecule has 3 atom stereocenters. The largest absolute Gasteiger partial charge is 0.339 e. The molecular weight excluding hydrogens is 436 g/mol. The third-order valence-electron chi connectivity index (χ3n) is 7.23. The third-order valence-corrected chi connectivity index (χ3v) is 7.23. The molecule has 0 bridgehead atoms. The number of rotatable bonds is 7. The van der Waals surface area contributed by atoms with Crippen molar-refractivity contribution in [2.45, 2.75) is 97.7 Å². The molecule has 3 unspecified atom stereocenters. The summed E-state index contributed by atoms with van der Waals surface area (Å²) in [6, 6.07) is 9.88. The number of hydrazine groups is 1. The number of amides is 1. The van der Waals surface area contributed by atoms with Crippen LogP contribution < -0.4 is 5.43 Å². The molecule has 0 saturated carbocycles. The number of aryl methyl sites for hydroxylation is 1. The third kappa shape index (κ3) is 7.91. The number of likely N-dealkylation sites (tertiary alicyclic amines) is 1. The summed E-state index contributed by atoms with van der Waals surface area (Å²) in [5.74, 6) is 0.314. The zero-order valence-corrected chi connectivity index (χ0v) is 22.8. The van der Waals surface area contributed by atoms with E-state index in [0.29, 0.717) is 24.5 Å². The Kier molecular flexibility index (Phi) is 12.5. The SMILES string of the molecule is C=O.CC.CCCCCC1CN(CC(=O)N2CCCCC2C)CC2=CC(c3ccc(C)cc3)NN21. The summed E-state index contributed by atoms with van der Waals surface area (Å²) >= 11 is 0. The predicted octanol–water partition coefficient (Wildman–Crippen LogP) is 5.25. The number of fused-ring (bicyclic) bond motifs is 1. The van der Waals surface area contributed by atoms with Crippen LogP contribution in [0.3, 0.4) is 0 Å². The summed E-state index contributed by atoms with van der Waals surface area (Å²) in [5, 5.41) is 2.42. The minimum absolute atomic E-state index is 0.224. The number of carbonyl (C=O) groups is 2. The minimum atomic E-state index is 0.224. The summed E-state index contributed by atoms with van der Waals surface area (Å²) in [4.78, 5) is 25.6. The second kappa shape index (κ2) is 15.0.